The van der Waals surface area contributed by atoms with E-state index in [1.165, 1.54) is 12.1 Å². The van der Waals surface area contributed by atoms with Gasteiger partial charge in [0, 0.05) is 37.9 Å². The Bertz CT molecular complexity index is 318. The molecule has 14 heavy (non-hydrogen) atoms. The van der Waals surface area contributed by atoms with Crippen molar-refractivity contribution in [1.82, 2.24) is 15.1 Å². The Morgan fingerprint density at radius 2 is 2.50 bits per heavy atom. The summed E-state index contributed by atoms with van der Waals surface area (Å²) in [5.74, 6) is 0.611. The molecule has 1 aromatic rings. The lowest BCUT2D eigenvalue weighted by atomic mass is 9.76. The molecule has 0 saturated carbocycles. The van der Waals surface area contributed by atoms with Gasteiger partial charge < -0.3 is 5.32 Å². The molecular formula is C11H19N3. The van der Waals surface area contributed by atoms with Gasteiger partial charge in [0.05, 0.1) is 0 Å². The molecule has 0 amide bonds. The topological polar surface area (TPSA) is 29.9 Å². The van der Waals surface area contributed by atoms with Crippen LogP contribution in [0.2, 0.25) is 0 Å². The maximum absolute atomic E-state index is 4.25. The van der Waals surface area contributed by atoms with Crippen LogP contribution in [0.3, 0.4) is 0 Å². The van der Waals surface area contributed by atoms with Gasteiger partial charge >= 0.3 is 0 Å². The van der Waals surface area contributed by atoms with Gasteiger partial charge in [-0.05, 0) is 17.9 Å². The molecule has 1 aliphatic heterocycles. The number of nitrogens with one attached hydrogen (secondary N) is 1. The van der Waals surface area contributed by atoms with Crippen molar-refractivity contribution < 1.29 is 0 Å². The van der Waals surface area contributed by atoms with E-state index in [-0.39, 0.29) is 0 Å². The fourth-order valence-electron chi connectivity index (χ4n) is 2.43. The first kappa shape index (κ1) is 9.71. The van der Waals surface area contributed by atoms with Crippen LogP contribution in [-0.2, 0) is 7.05 Å². The van der Waals surface area contributed by atoms with Crippen LogP contribution < -0.4 is 5.32 Å². The normalized spacial score (nSPS) is 32.4. The molecule has 3 nitrogen and oxygen atoms in total. The molecule has 0 radical (unpaired) electrons. The predicted octanol–water partition coefficient (Wildman–Crippen LogP) is 1.52. The molecule has 2 heterocycles. The summed E-state index contributed by atoms with van der Waals surface area (Å²) in [6.07, 6.45) is 3.11. The van der Waals surface area contributed by atoms with Crippen molar-refractivity contribution in [3.63, 3.8) is 0 Å². The summed E-state index contributed by atoms with van der Waals surface area (Å²) in [6.45, 7) is 6.85. The SMILES string of the molecule is CC[C@]1(C)CNC[C@@H]1c1ccnn1C. The molecule has 2 atom stereocenters. The van der Waals surface area contributed by atoms with E-state index in [0.717, 1.165) is 13.1 Å². The molecule has 1 fully saturated rings. The van der Waals surface area contributed by atoms with Crippen LogP contribution in [0.1, 0.15) is 31.9 Å². The molecule has 78 valence electrons. The number of hydrogen-bond donors (Lipinski definition) is 1. The fourth-order valence-corrected chi connectivity index (χ4v) is 2.43. The summed E-state index contributed by atoms with van der Waals surface area (Å²) < 4.78 is 2.01. The highest BCUT2D eigenvalue weighted by Gasteiger charge is 2.39. The first-order chi connectivity index (χ1) is 6.67. The molecule has 3 heteroatoms. The maximum Gasteiger partial charge on any atom is 0.0492 e. The van der Waals surface area contributed by atoms with E-state index < -0.39 is 0 Å². The van der Waals surface area contributed by atoms with Gasteiger partial charge in [-0.3, -0.25) is 4.68 Å². The number of nitrogens with zero attached hydrogens (tertiary/aromatic N) is 2. The third-order valence-corrected chi connectivity index (χ3v) is 3.74. The van der Waals surface area contributed by atoms with Gasteiger partial charge in [0.1, 0.15) is 0 Å². The summed E-state index contributed by atoms with van der Waals surface area (Å²) in [7, 11) is 2.03. The second-order valence-electron chi connectivity index (χ2n) is 4.57. The van der Waals surface area contributed by atoms with Gasteiger partial charge in [-0.2, -0.15) is 5.10 Å². The Labute approximate surface area is 85.5 Å². The number of hydrogen-bond acceptors (Lipinski definition) is 2. The molecule has 0 bridgehead atoms. The Morgan fingerprint density at radius 1 is 1.71 bits per heavy atom. The van der Waals surface area contributed by atoms with Crippen molar-refractivity contribution in [2.75, 3.05) is 13.1 Å². The van der Waals surface area contributed by atoms with Gasteiger partial charge in [-0.25, -0.2) is 0 Å². The van der Waals surface area contributed by atoms with E-state index in [1.807, 2.05) is 17.9 Å². The Balaban J connectivity index is 2.31. The van der Waals surface area contributed by atoms with Crippen LogP contribution >= 0.6 is 0 Å². The van der Waals surface area contributed by atoms with E-state index in [1.54, 1.807) is 0 Å². The quantitative estimate of drug-likeness (QED) is 0.772. The summed E-state index contributed by atoms with van der Waals surface area (Å²) in [5, 5.41) is 7.74. The Morgan fingerprint density at radius 3 is 3.07 bits per heavy atom. The van der Waals surface area contributed by atoms with Crippen LogP contribution in [0.5, 0.6) is 0 Å². The van der Waals surface area contributed by atoms with Crippen molar-refractivity contribution in [1.29, 1.82) is 0 Å². The Kier molecular flexibility index (Phi) is 2.35. The molecule has 1 saturated heterocycles. The van der Waals surface area contributed by atoms with Gasteiger partial charge in [-0.15, -0.1) is 0 Å². The molecule has 1 N–H and O–H groups in total. The van der Waals surface area contributed by atoms with Crippen LogP contribution in [0, 0.1) is 5.41 Å². The first-order valence-corrected chi connectivity index (χ1v) is 5.36. The standard InChI is InChI=1S/C11H19N3/c1-4-11(2)8-12-7-9(11)10-5-6-13-14(10)3/h5-6,9,12H,4,7-8H2,1-3H3/t9-,11-/m1/s1. The highest BCUT2D eigenvalue weighted by molar-refractivity contribution is 5.15. The van der Waals surface area contributed by atoms with Crippen molar-refractivity contribution in [3.8, 4) is 0 Å². The fraction of sp³-hybridized carbons (Fsp3) is 0.727. The highest BCUT2D eigenvalue weighted by atomic mass is 15.3. The molecule has 0 unspecified atom stereocenters. The number of aromatic nitrogens is 2. The smallest absolute Gasteiger partial charge is 0.0492 e. The largest absolute Gasteiger partial charge is 0.315 e. The number of aryl methyl sites for hydroxylation is 1. The van der Waals surface area contributed by atoms with E-state index in [4.69, 9.17) is 0 Å². The van der Waals surface area contributed by atoms with Gasteiger partial charge in [-0.1, -0.05) is 13.8 Å². The van der Waals surface area contributed by atoms with Crippen molar-refractivity contribution in [2.45, 2.75) is 26.2 Å². The van der Waals surface area contributed by atoms with Crippen molar-refractivity contribution in [2.24, 2.45) is 12.5 Å². The van der Waals surface area contributed by atoms with E-state index in [0.29, 0.717) is 11.3 Å². The zero-order valence-electron chi connectivity index (χ0n) is 9.25. The molecule has 0 aliphatic carbocycles. The highest BCUT2D eigenvalue weighted by Crippen LogP contribution is 2.40. The average Bonchev–Trinajstić information content (AvgIpc) is 2.73. The van der Waals surface area contributed by atoms with E-state index in [2.05, 4.69) is 30.3 Å². The zero-order valence-corrected chi connectivity index (χ0v) is 9.25. The van der Waals surface area contributed by atoms with Crippen LogP contribution in [0.25, 0.3) is 0 Å². The van der Waals surface area contributed by atoms with Crippen molar-refractivity contribution >= 4 is 0 Å². The molecule has 0 aromatic carbocycles. The number of rotatable bonds is 2. The summed E-state index contributed by atoms with van der Waals surface area (Å²) in [4.78, 5) is 0. The van der Waals surface area contributed by atoms with E-state index >= 15 is 0 Å². The second kappa shape index (κ2) is 3.39. The average molecular weight is 193 g/mol. The predicted molar refractivity (Wildman–Crippen MR) is 57.2 cm³/mol. The maximum atomic E-state index is 4.25. The van der Waals surface area contributed by atoms with Gasteiger partial charge in [0.25, 0.3) is 0 Å². The monoisotopic (exact) mass is 193 g/mol. The molecule has 0 spiro atoms. The summed E-state index contributed by atoms with van der Waals surface area (Å²) >= 11 is 0. The lowest BCUT2D eigenvalue weighted by Gasteiger charge is -2.29. The molecular weight excluding hydrogens is 174 g/mol. The van der Waals surface area contributed by atoms with Crippen LogP contribution in [0.15, 0.2) is 12.3 Å². The lowest BCUT2D eigenvalue weighted by molar-refractivity contribution is 0.299. The third kappa shape index (κ3) is 1.36. The zero-order chi connectivity index (χ0) is 10.2. The van der Waals surface area contributed by atoms with Crippen molar-refractivity contribution in [3.05, 3.63) is 18.0 Å². The van der Waals surface area contributed by atoms with Crippen LogP contribution in [-0.4, -0.2) is 22.9 Å². The second-order valence-corrected chi connectivity index (χ2v) is 4.57. The summed E-state index contributed by atoms with van der Waals surface area (Å²) in [5.41, 5.74) is 1.76. The molecule has 1 aliphatic rings. The third-order valence-electron chi connectivity index (χ3n) is 3.74. The molecule has 2 rings (SSSR count). The first-order valence-electron chi connectivity index (χ1n) is 5.36. The lowest BCUT2D eigenvalue weighted by Crippen LogP contribution is -2.25. The van der Waals surface area contributed by atoms with Gasteiger partial charge in [0.15, 0.2) is 0 Å². The van der Waals surface area contributed by atoms with E-state index in [9.17, 15) is 0 Å². The Hall–Kier alpha value is -0.830. The molecule has 1 aromatic heterocycles. The van der Waals surface area contributed by atoms with Gasteiger partial charge in [0.2, 0.25) is 0 Å². The minimum absolute atomic E-state index is 0.397. The minimum atomic E-state index is 0.397. The van der Waals surface area contributed by atoms with Crippen LogP contribution in [0.4, 0.5) is 0 Å². The summed E-state index contributed by atoms with van der Waals surface area (Å²) in [6, 6.07) is 2.14. The minimum Gasteiger partial charge on any atom is -0.315 e.